The van der Waals surface area contributed by atoms with Gasteiger partial charge in [0.05, 0.1) is 14.2 Å². The number of aromatic nitrogens is 1. The molecule has 2 heterocycles. The van der Waals surface area contributed by atoms with Crippen molar-refractivity contribution in [1.29, 1.82) is 0 Å². The van der Waals surface area contributed by atoms with Gasteiger partial charge in [-0.25, -0.2) is 0 Å². The van der Waals surface area contributed by atoms with E-state index in [1.807, 2.05) is 35.9 Å². The molecule has 0 unspecified atom stereocenters. The second kappa shape index (κ2) is 8.83. The zero-order valence-corrected chi connectivity index (χ0v) is 16.3. The first-order valence-corrected chi connectivity index (χ1v) is 9.37. The van der Waals surface area contributed by atoms with E-state index in [0.717, 1.165) is 36.7 Å². The van der Waals surface area contributed by atoms with E-state index in [2.05, 4.69) is 47.1 Å². The van der Waals surface area contributed by atoms with Crippen LogP contribution in [0, 0.1) is 6.92 Å². The normalized spacial score (nSPS) is 10.9. The second-order valence-corrected chi connectivity index (χ2v) is 7.56. The monoisotopic (exact) mass is 368 g/mol. The molecule has 0 N–H and O–H groups in total. The average Bonchev–Trinajstić information content (AvgIpc) is 3.07. The molecule has 0 amide bonds. The largest absolute Gasteiger partial charge is 0.497 e. The van der Waals surface area contributed by atoms with Crippen LogP contribution < -0.4 is 9.47 Å². The summed E-state index contributed by atoms with van der Waals surface area (Å²) in [7, 11) is 3.37. The van der Waals surface area contributed by atoms with Gasteiger partial charge in [-0.15, -0.1) is 11.3 Å². The smallest absolute Gasteiger partial charge is 0.127 e. The van der Waals surface area contributed by atoms with E-state index in [4.69, 9.17) is 9.47 Å². The molecule has 5 heteroatoms. The number of hydrogen-bond acceptors (Lipinski definition) is 5. The number of nitrogens with zero attached hydrogens (tertiary/aromatic N) is 2. The van der Waals surface area contributed by atoms with Crippen LogP contribution in [0.25, 0.3) is 0 Å². The maximum atomic E-state index is 5.58. The Morgan fingerprint density at radius 2 is 1.73 bits per heavy atom. The summed E-state index contributed by atoms with van der Waals surface area (Å²) in [5.41, 5.74) is 2.40. The van der Waals surface area contributed by atoms with Crippen molar-refractivity contribution in [3.8, 4) is 11.5 Å². The van der Waals surface area contributed by atoms with Crippen LogP contribution in [-0.4, -0.2) is 24.1 Å². The molecule has 0 bridgehead atoms. The summed E-state index contributed by atoms with van der Waals surface area (Å²) in [4.78, 5) is 9.25. The predicted octanol–water partition coefficient (Wildman–Crippen LogP) is 4.67. The summed E-state index contributed by atoms with van der Waals surface area (Å²) in [5, 5.41) is 0. The lowest BCUT2D eigenvalue weighted by molar-refractivity contribution is 0.245. The topological polar surface area (TPSA) is 34.6 Å². The van der Waals surface area contributed by atoms with Crippen molar-refractivity contribution in [1.82, 2.24) is 9.88 Å². The van der Waals surface area contributed by atoms with Gasteiger partial charge >= 0.3 is 0 Å². The van der Waals surface area contributed by atoms with Crippen LogP contribution in [0.1, 0.15) is 20.9 Å². The van der Waals surface area contributed by atoms with Crippen molar-refractivity contribution in [2.75, 3.05) is 14.2 Å². The molecule has 4 nitrogen and oxygen atoms in total. The van der Waals surface area contributed by atoms with Gasteiger partial charge in [0.1, 0.15) is 11.5 Å². The zero-order valence-electron chi connectivity index (χ0n) is 15.4. The van der Waals surface area contributed by atoms with E-state index >= 15 is 0 Å². The van der Waals surface area contributed by atoms with Crippen molar-refractivity contribution < 1.29 is 9.47 Å². The fourth-order valence-electron chi connectivity index (χ4n) is 2.93. The number of methoxy groups -OCH3 is 2. The first-order chi connectivity index (χ1) is 12.7. The molecule has 0 atom stereocenters. The lowest BCUT2D eigenvalue weighted by atomic mass is 10.1. The Bertz CT molecular complexity index is 833. The highest BCUT2D eigenvalue weighted by atomic mass is 32.1. The van der Waals surface area contributed by atoms with E-state index in [1.54, 1.807) is 14.2 Å². The van der Waals surface area contributed by atoms with Gasteiger partial charge in [-0.1, -0.05) is 6.07 Å². The number of aryl methyl sites for hydroxylation is 1. The minimum absolute atomic E-state index is 0.798. The SMILES string of the molecule is COc1ccc(CN(Cc2ccncc2)Cc2ccc(C)s2)c(OC)c1. The summed E-state index contributed by atoms with van der Waals surface area (Å²) >= 11 is 1.85. The zero-order chi connectivity index (χ0) is 18.4. The van der Waals surface area contributed by atoms with Crippen LogP contribution in [-0.2, 0) is 19.6 Å². The molecule has 2 aromatic heterocycles. The summed E-state index contributed by atoms with van der Waals surface area (Å²) in [6, 6.07) is 14.5. The molecule has 26 heavy (non-hydrogen) atoms. The number of benzene rings is 1. The van der Waals surface area contributed by atoms with Crippen LogP contribution in [0.4, 0.5) is 0 Å². The van der Waals surface area contributed by atoms with Crippen LogP contribution in [0.2, 0.25) is 0 Å². The summed E-state index contributed by atoms with van der Waals surface area (Å²) in [6.45, 7) is 4.70. The molecule has 136 valence electrons. The van der Waals surface area contributed by atoms with E-state index in [1.165, 1.54) is 15.3 Å². The summed E-state index contributed by atoms with van der Waals surface area (Å²) in [5.74, 6) is 1.66. The molecular formula is C21H24N2O2S. The highest BCUT2D eigenvalue weighted by Gasteiger charge is 2.13. The Balaban J connectivity index is 1.82. The molecule has 0 spiro atoms. The van der Waals surface area contributed by atoms with Gasteiger partial charge in [0, 0.05) is 53.4 Å². The molecule has 0 saturated carbocycles. The molecule has 0 aliphatic rings. The van der Waals surface area contributed by atoms with Crippen molar-refractivity contribution in [2.45, 2.75) is 26.6 Å². The van der Waals surface area contributed by atoms with E-state index in [-0.39, 0.29) is 0 Å². The molecule has 0 aliphatic heterocycles. The Morgan fingerprint density at radius 1 is 0.923 bits per heavy atom. The minimum Gasteiger partial charge on any atom is -0.497 e. The van der Waals surface area contributed by atoms with Gasteiger partial charge in [-0.3, -0.25) is 9.88 Å². The number of thiophene rings is 1. The van der Waals surface area contributed by atoms with Gasteiger partial charge in [0.15, 0.2) is 0 Å². The lowest BCUT2D eigenvalue weighted by Gasteiger charge is -2.23. The maximum absolute atomic E-state index is 5.58. The Labute approximate surface area is 159 Å². The molecule has 3 rings (SSSR count). The lowest BCUT2D eigenvalue weighted by Crippen LogP contribution is -2.22. The van der Waals surface area contributed by atoms with Crippen LogP contribution >= 0.6 is 11.3 Å². The quantitative estimate of drug-likeness (QED) is 0.579. The van der Waals surface area contributed by atoms with Crippen LogP contribution in [0.5, 0.6) is 11.5 Å². The fourth-order valence-corrected chi connectivity index (χ4v) is 3.86. The molecule has 0 saturated heterocycles. The molecule has 3 aromatic rings. The van der Waals surface area contributed by atoms with Crippen LogP contribution in [0.3, 0.4) is 0 Å². The second-order valence-electron chi connectivity index (χ2n) is 6.19. The Kier molecular flexibility index (Phi) is 6.26. The number of rotatable bonds is 8. The van der Waals surface area contributed by atoms with Gasteiger partial charge < -0.3 is 9.47 Å². The van der Waals surface area contributed by atoms with Gasteiger partial charge in [0.2, 0.25) is 0 Å². The van der Waals surface area contributed by atoms with Crippen LogP contribution in [0.15, 0.2) is 54.9 Å². The van der Waals surface area contributed by atoms with Gasteiger partial charge in [-0.2, -0.15) is 0 Å². The summed E-state index contributed by atoms with van der Waals surface area (Å²) in [6.07, 6.45) is 3.69. The number of ether oxygens (including phenoxy) is 2. The first-order valence-electron chi connectivity index (χ1n) is 8.55. The average molecular weight is 369 g/mol. The van der Waals surface area contributed by atoms with Gasteiger partial charge in [0.25, 0.3) is 0 Å². The van der Waals surface area contributed by atoms with E-state index < -0.39 is 0 Å². The van der Waals surface area contributed by atoms with Gasteiger partial charge in [-0.05, 0) is 42.8 Å². The molecule has 0 aliphatic carbocycles. The number of pyridine rings is 1. The Morgan fingerprint density at radius 3 is 2.38 bits per heavy atom. The van der Waals surface area contributed by atoms with Crippen molar-refractivity contribution in [3.63, 3.8) is 0 Å². The maximum Gasteiger partial charge on any atom is 0.127 e. The standard InChI is InChI=1S/C21H24N2O2S/c1-16-4-7-20(26-16)15-23(13-17-8-10-22-11-9-17)14-18-5-6-19(24-2)12-21(18)25-3/h4-12H,13-15H2,1-3H3. The highest BCUT2D eigenvalue weighted by molar-refractivity contribution is 7.11. The molecule has 0 fully saturated rings. The molecule has 1 aromatic carbocycles. The fraction of sp³-hybridized carbons (Fsp3) is 0.286. The van der Waals surface area contributed by atoms with Crippen molar-refractivity contribution >= 4 is 11.3 Å². The first kappa shape index (κ1) is 18.4. The third-order valence-electron chi connectivity index (χ3n) is 4.22. The minimum atomic E-state index is 0.798. The molecular weight excluding hydrogens is 344 g/mol. The van der Waals surface area contributed by atoms with E-state index in [0.29, 0.717) is 0 Å². The summed E-state index contributed by atoms with van der Waals surface area (Å²) < 4.78 is 10.9. The predicted molar refractivity (Wildman–Crippen MR) is 106 cm³/mol. The molecule has 0 radical (unpaired) electrons. The van der Waals surface area contributed by atoms with E-state index in [9.17, 15) is 0 Å². The third-order valence-corrected chi connectivity index (χ3v) is 5.20. The van der Waals surface area contributed by atoms with Crippen molar-refractivity contribution in [2.24, 2.45) is 0 Å². The third kappa shape index (κ3) is 4.84. The number of hydrogen-bond donors (Lipinski definition) is 0. The highest BCUT2D eigenvalue weighted by Crippen LogP contribution is 2.27. The van der Waals surface area contributed by atoms with Crippen molar-refractivity contribution in [3.05, 3.63) is 75.7 Å². The Hall–Kier alpha value is -2.37.